The molecule has 1 aromatic heterocycles. The molecule has 0 spiro atoms. The molecule has 0 fully saturated rings. The maximum absolute atomic E-state index is 6.31. The van der Waals surface area contributed by atoms with Gasteiger partial charge in [0.05, 0.1) is 6.04 Å². The van der Waals surface area contributed by atoms with Gasteiger partial charge in [0.25, 0.3) is 0 Å². The summed E-state index contributed by atoms with van der Waals surface area (Å²) in [4.78, 5) is 0. The van der Waals surface area contributed by atoms with Crippen molar-refractivity contribution < 1.29 is 4.42 Å². The molecular formula is C18H24ClNO. The van der Waals surface area contributed by atoms with Gasteiger partial charge < -0.3 is 9.73 Å². The van der Waals surface area contributed by atoms with Gasteiger partial charge in [0, 0.05) is 10.6 Å². The summed E-state index contributed by atoms with van der Waals surface area (Å²) in [6, 6.07) is 6.41. The first-order chi connectivity index (χ1) is 9.95. The molecule has 2 aromatic rings. The van der Waals surface area contributed by atoms with E-state index in [0.29, 0.717) is 0 Å². The van der Waals surface area contributed by atoms with Crippen LogP contribution in [0.15, 0.2) is 22.6 Å². The van der Waals surface area contributed by atoms with Crippen molar-refractivity contribution >= 4 is 11.6 Å². The lowest BCUT2D eigenvalue weighted by Gasteiger charge is -2.20. The van der Waals surface area contributed by atoms with Crippen LogP contribution in [0.5, 0.6) is 0 Å². The van der Waals surface area contributed by atoms with Crippen molar-refractivity contribution in [3.05, 3.63) is 57.0 Å². The zero-order valence-corrected chi connectivity index (χ0v) is 14.3. The topological polar surface area (TPSA) is 25.2 Å². The summed E-state index contributed by atoms with van der Waals surface area (Å²) >= 11 is 6.31. The average molecular weight is 306 g/mol. The molecular weight excluding hydrogens is 282 g/mol. The van der Waals surface area contributed by atoms with Gasteiger partial charge in [-0.3, -0.25) is 0 Å². The molecule has 3 heteroatoms. The number of aryl methyl sites for hydroxylation is 3. The van der Waals surface area contributed by atoms with Crippen LogP contribution in [0.1, 0.15) is 53.2 Å². The highest BCUT2D eigenvalue weighted by molar-refractivity contribution is 6.31. The van der Waals surface area contributed by atoms with Crippen LogP contribution in [0, 0.1) is 27.7 Å². The maximum Gasteiger partial charge on any atom is 0.106 e. The summed E-state index contributed by atoms with van der Waals surface area (Å²) < 4.78 is 5.81. The standard InChI is InChI=1S/C18H24ClNO/c1-6-9-20-18(15-8-7-11(2)16(19)10-15)17-12(3)13(4)21-14(17)5/h7-8,10,18,20H,6,9H2,1-5H3. The van der Waals surface area contributed by atoms with Crippen molar-refractivity contribution in [2.24, 2.45) is 0 Å². The molecule has 2 rings (SSSR count). The first-order valence-corrected chi connectivity index (χ1v) is 7.89. The van der Waals surface area contributed by atoms with Crippen LogP contribution in [0.2, 0.25) is 5.02 Å². The van der Waals surface area contributed by atoms with Gasteiger partial charge in [-0.05, 0) is 63.4 Å². The molecule has 1 unspecified atom stereocenters. The molecule has 0 bridgehead atoms. The highest BCUT2D eigenvalue weighted by Gasteiger charge is 2.22. The molecule has 2 nitrogen and oxygen atoms in total. The van der Waals surface area contributed by atoms with E-state index in [-0.39, 0.29) is 6.04 Å². The fourth-order valence-corrected chi connectivity index (χ4v) is 2.89. The molecule has 1 heterocycles. The van der Waals surface area contributed by atoms with Crippen LogP contribution in [0.3, 0.4) is 0 Å². The SMILES string of the molecule is CCCNC(c1ccc(C)c(Cl)c1)c1c(C)oc(C)c1C. The zero-order chi connectivity index (χ0) is 15.6. The monoisotopic (exact) mass is 305 g/mol. The predicted octanol–water partition coefficient (Wildman–Crippen LogP) is 5.26. The first-order valence-electron chi connectivity index (χ1n) is 7.51. The van der Waals surface area contributed by atoms with E-state index in [1.165, 1.54) is 16.7 Å². The lowest BCUT2D eigenvalue weighted by molar-refractivity contribution is 0.493. The Balaban J connectivity index is 2.49. The Kier molecular flexibility index (Phi) is 5.13. The number of rotatable bonds is 5. The Hall–Kier alpha value is -1.25. The van der Waals surface area contributed by atoms with Crippen molar-refractivity contribution in [2.45, 2.75) is 47.1 Å². The molecule has 21 heavy (non-hydrogen) atoms. The summed E-state index contributed by atoms with van der Waals surface area (Å²) in [5.74, 6) is 1.97. The second kappa shape index (κ2) is 6.67. The van der Waals surface area contributed by atoms with E-state index in [1.807, 2.05) is 20.8 Å². The lowest BCUT2D eigenvalue weighted by Crippen LogP contribution is -2.24. The van der Waals surface area contributed by atoms with E-state index < -0.39 is 0 Å². The second-order valence-corrected chi connectivity index (χ2v) is 6.06. The Morgan fingerprint density at radius 2 is 1.86 bits per heavy atom. The minimum absolute atomic E-state index is 0.125. The minimum atomic E-state index is 0.125. The molecule has 0 aliphatic heterocycles. The number of halogens is 1. The minimum Gasteiger partial charge on any atom is -0.466 e. The Morgan fingerprint density at radius 3 is 2.38 bits per heavy atom. The van der Waals surface area contributed by atoms with Crippen molar-refractivity contribution in [3.63, 3.8) is 0 Å². The van der Waals surface area contributed by atoms with Gasteiger partial charge in [0.15, 0.2) is 0 Å². The Bertz CT molecular complexity index is 630. The smallest absolute Gasteiger partial charge is 0.106 e. The van der Waals surface area contributed by atoms with Crippen LogP contribution in [-0.4, -0.2) is 6.54 Å². The fraction of sp³-hybridized carbons (Fsp3) is 0.444. The summed E-state index contributed by atoms with van der Waals surface area (Å²) in [5.41, 5.74) is 4.75. The summed E-state index contributed by atoms with van der Waals surface area (Å²) in [6.45, 7) is 11.3. The van der Waals surface area contributed by atoms with Crippen LogP contribution in [0.25, 0.3) is 0 Å². The van der Waals surface area contributed by atoms with Crippen molar-refractivity contribution in [2.75, 3.05) is 6.54 Å². The molecule has 0 radical (unpaired) electrons. The second-order valence-electron chi connectivity index (χ2n) is 5.65. The van der Waals surface area contributed by atoms with Gasteiger partial charge in [0.2, 0.25) is 0 Å². The Labute approximate surface area is 132 Å². The highest BCUT2D eigenvalue weighted by atomic mass is 35.5. The normalized spacial score (nSPS) is 12.7. The molecule has 0 amide bonds. The average Bonchev–Trinajstić information content (AvgIpc) is 2.69. The number of benzene rings is 1. The van der Waals surface area contributed by atoms with E-state index in [1.54, 1.807) is 0 Å². The van der Waals surface area contributed by atoms with Crippen LogP contribution >= 0.6 is 11.6 Å². The largest absolute Gasteiger partial charge is 0.466 e. The van der Waals surface area contributed by atoms with Crippen molar-refractivity contribution in [3.8, 4) is 0 Å². The molecule has 1 aromatic carbocycles. The van der Waals surface area contributed by atoms with Gasteiger partial charge in [-0.25, -0.2) is 0 Å². The predicted molar refractivity (Wildman–Crippen MR) is 89.2 cm³/mol. The summed E-state index contributed by atoms with van der Waals surface area (Å²) in [6.07, 6.45) is 1.09. The van der Waals surface area contributed by atoms with Gasteiger partial charge >= 0.3 is 0 Å². The quantitative estimate of drug-likeness (QED) is 0.815. The zero-order valence-electron chi connectivity index (χ0n) is 13.5. The molecule has 1 atom stereocenters. The fourth-order valence-electron chi connectivity index (χ4n) is 2.70. The Morgan fingerprint density at radius 1 is 1.14 bits per heavy atom. The van der Waals surface area contributed by atoms with Gasteiger partial charge in [-0.1, -0.05) is 30.7 Å². The van der Waals surface area contributed by atoms with Crippen molar-refractivity contribution in [1.29, 1.82) is 0 Å². The highest BCUT2D eigenvalue weighted by Crippen LogP contribution is 2.33. The molecule has 1 N–H and O–H groups in total. The van der Waals surface area contributed by atoms with Crippen LogP contribution in [-0.2, 0) is 0 Å². The van der Waals surface area contributed by atoms with E-state index in [9.17, 15) is 0 Å². The molecule has 114 valence electrons. The molecule has 0 saturated heterocycles. The lowest BCUT2D eigenvalue weighted by atomic mass is 9.94. The maximum atomic E-state index is 6.31. The van der Waals surface area contributed by atoms with E-state index in [2.05, 4.69) is 37.4 Å². The van der Waals surface area contributed by atoms with Crippen LogP contribution < -0.4 is 5.32 Å². The number of hydrogen-bond acceptors (Lipinski definition) is 2. The van der Waals surface area contributed by atoms with E-state index >= 15 is 0 Å². The summed E-state index contributed by atoms with van der Waals surface area (Å²) in [7, 11) is 0. The number of furan rings is 1. The van der Waals surface area contributed by atoms with Gasteiger partial charge in [-0.2, -0.15) is 0 Å². The summed E-state index contributed by atoms with van der Waals surface area (Å²) in [5, 5.41) is 4.44. The molecule has 0 aliphatic rings. The third-order valence-electron chi connectivity index (χ3n) is 4.03. The number of hydrogen-bond donors (Lipinski definition) is 1. The van der Waals surface area contributed by atoms with E-state index in [0.717, 1.165) is 35.1 Å². The molecule has 0 saturated carbocycles. The van der Waals surface area contributed by atoms with Crippen molar-refractivity contribution in [1.82, 2.24) is 5.32 Å². The van der Waals surface area contributed by atoms with Gasteiger partial charge in [0.1, 0.15) is 11.5 Å². The third-order valence-corrected chi connectivity index (χ3v) is 4.44. The van der Waals surface area contributed by atoms with E-state index in [4.69, 9.17) is 16.0 Å². The first kappa shape index (κ1) is 16.1. The van der Waals surface area contributed by atoms with Gasteiger partial charge in [-0.15, -0.1) is 0 Å². The molecule has 0 aliphatic carbocycles. The third kappa shape index (κ3) is 3.33. The van der Waals surface area contributed by atoms with Crippen LogP contribution in [0.4, 0.5) is 0 Å². The number of nitrogens with one attached hydrogen (secondary N) is 1.